The third kappa shape index (κ3) is 4.82. The van der Waals surface area contributed by atoms with Crippen LogP contribution in [0, 0.1) is 5.41 Å². The van der Waals surface area contributed by atoms with E-state index in [0.29, 0.717) is 34.7 Å². The molecular weight excluding hydrogens is 414 g/mol. The van der Waals surface area contributed by atoms with E-state index in [0.717, 1.165) is 6.21 Å². The lowest BCUT2D eigenvalue weighted by molar-refractivity contribution is -0.120. The van der Waals surface area contributed by atoms with Crippen LogP contribution in [0.1, 0.15) is 35.4 Å². The number of amides is 3. The molecule has 1 atom stereocenters. The molecule has 0 aliphatic carbocycles. The summed E-state index contributed by atoms with van der Waals surface area (Å²) in [6.07, 6.45) is 2.16. The van der Waals surface area contributed by atoms with Gasteiger partial charge in [0.2, 0.25) is 5.91 Å². The van der Waals surface area contributed by atoms with Crippen LogP contribution in [-0.4, -0.2) is 72.4 Å². The number of aromatic nitrogens is 2. The molecule has 32 heavy (non-hydrogen) atoms. The van der Waals surface area contributed by atoms with E-state index < -0.39 is 6.09 Å². The number of aliphatic imine (C=N–C) groups is 1. The highest BCUT2D eigenvalue weighted by molar-refractivity contribution is 5.97. The number of methoxy groups -OCH3 is 1. The maximum absolute atomic E-state index is 13.0. The zero-order valence-corrected chi connectivity index (χ0v) is 18.1. The number of carbonyl (C=O) groups is 3. The van der Waals surface area contributed by atoms with Gasteiger partial charge in [-0.25, -0.2) is 4.79 Å². The summed E-state index contributed by atoms with van der Waals surface area (Å²) >= 11 is 0. The van der Waals surface area contributed by atoms with Crippen molar-refractivity contribution in [3.63, 3.8) is 0 Å². The molecule has 0 saturated carbocycles. The first kappa shape index (κ1) is 22.7. The molecule has 0 fully saturated rings. The molecule has 168 valence electrons. The fourth-order valence-electron chi connectivity index (χ4n) is 3.37. The van der Waals surface area contributed by atoms with E-state index in [1.54, 1.807) is 40.9 Å². The topological polar surface area (TPSA) is 142 Å². The van der Waals surface area contributed by atoms with Gasteiger partial charge in [-0.2, -0.15) is 5.10 Å². The summed E-state index contributed by atoms with van der Waals surface area (Å²) in [7, 11) is 2.85. The number of ether oxygens (including phenoxy) is 1. The summed E-state index contributed by atoms with van der Waals surface area (Å²) in [5.41, 5.74) is 2.46. The summed E-state index contributed by atoms with van der Waals surface area (Å²) < 4.78 is 6.33. The van der Waals surface area contributed by atoms with Gasteiger partial charge in [-0.05, 0) is 30.7 Å². The number of hydrogen-bond acceptors (Lipinski definition) is 7. The van der Waals surface area contributed by atoms with Crippen LogP contribution < -0.4 is 10.6 Å². The largest absolute Gasteiger partial charge is 0.453 e. The maximum Gasteiger partial charge on any atom is 0.411 e. The van der Waals surface area contributed by atoms with E-state index in [2.05, 4.69) is 25.5 Å². The SMILES string of the molecule is CN=CCC(=O)NCN1C[C@H](C)n2nc(-c3ccc(C=N)cc3NC(=O)OC)cc2C1=O. The molecule has 3 rings (SSSR count). The van der Waals surface area contributed by atoms with Crippen molar-refractivity contribution in [1.82, 2.24) is 20.0 Å². The lowest BCUT2D eigenvalue weighted by atomic mass is 10.1. The zero-order chi connectivity index (χ0) is 23.3. The average Bonchev–Trinajstić information content (AvgIpc) is 3.25. The Labute approximate surface area is 185 Å². The van der Waals surface area contributed by atoms with Gasteiger partial charge in [-0.3, -0.25) is 19.6 Å². The van der Waals surface area contributed by atoms with Crippen molar-refractivity contribution >= 4 is 36.0 Å². The number of rotatable bonds is 7. The first-order valence-electron chi connectivity index (χ1n) is 9.94. The van der Waals surface area contributed by atoms with E-state index in [4.69, 9.17) is 5.41 Å². The van der Waals surface area contributed by atoms with E-state index in [-0.39, 0.29) is 30.9 Å². The second-order valence-corrected chi connectivity index (χ2v) is 7.20. The van der Waals surface area contributed by atoms with Crippen molar-refractivity contribution < 1.29 is 19.1 Å². The van der Waals surface area contributed by atoms with Gasteiger partial charge in [0.15, 0.2) is 0 Å². The predicted octanol–water partition coefficient (Wildman–Crippen LogP) is 1.91. The number of nitrogens with zero attached hydrogens (tertiary/aromatic N) is 4. The molecule has 3 amide bonds. The van der Waals surface area contributed by atoms with Crippen molar-refractivity contribution in [2.24, 2.45) is 4.99 Å². The van der Waals surface area contributed by atoms with E-state index in [9.17, 15) is 14.4 Å². The number of carbonyl (C=O) groups excluding carboxylic acids is 3. The Hall–Kier alpha value is -4.02. The highest BCUT2D eigenvalue weighted by Gasteiger charge is 2.31. The highest BCUT2D eigenvalue weighted by Crippen LogP contribution is 2.31. The van der Waals surface area contributed by atoms with Gasteiger partial charge in [0.25, 0.3) is 5.91 Å². The summed E-state index contributed by atoms with van der Waals surface area (Å²) in [5.74, 6) is -0.481. The second-order valence-electron chi connectivity index (χ2n) is 7.20. The Kier molecular flexibility index (Phi) is 6.98. The van der Waals surface area contributed by atoms with Crippen LogP contribution in [0.2, 0.25) is 0 Å². The Morgan fingerprint density at radius 3 is 2.84 bits per heavy atom. The third-order valence-corrected chi connectivity index (χ3v) is 4.98. The average molecular weight is 439 g/mol. The number of nitrogens with one attached hydrogen (secondary N) is 3. The molecule has 0 radical (unpaired) electrons. The summed E-state index contributed by atoms with van der Waals surface area (Å²) in [6.45, 7) is 2.40. The van der Waals surface area contributed by atoms with Crippen LogP contribution in [0.15, 0.2) is 29.3 Å². The molecular formula is C21H25N7O4. The Bertz CT molecular complexity index is 1080. The van der Waals surface area contributed by atoms with Gasteiger partial charge >= 0.3 is 6.09 Å². The van der Waals surface area contributed by atoms with Crippen LogP contribution in [-0.2, 0) is 9.53 Å². The molecule has 1 aromatic heterocycles. The summed E-state index contributed by atoms with van der Waals surface area (Å²) in [4.78, 5) is 42.0. The normalized spacial score (nSPS) is 15.4. The molecule has 11 heteroatoms. The van der Waals surface area contributed by atoms with Gasteiger partial charge in [0.1, 0.15) is 5.69 Å². The van der Waals surface area contributed by atoms with E-state index >= 15 is 0 Å². The minimum absolute atomic E-state index is 0.0866. The Morgan fingerprint density at radius 2 is 2.16 bits per heavy atom. The number of fused-ring (bicyclic) bond motifs is 1. The zero-order valence-electron chi connectivity index (χ0n) is 18.1. The Balaban J connectivity index is 1.88. The highest BCUT2D eigenvalue weighted by atomic mass is 16.5. The molecule has 1 aromatic carbocycles. The van der Waals surface area contributed by atoms with Crippen LogP contribution in [0.5, 0.6) is 0 Å². The van der Waals surface area contributed by atoms with E-state index in [1.807, 2.05) is 6.92 Å². The molecule has 0 saturated heterocycles. The van der Waals surface area contributed by atoms with Crippen LogP contribution in [0.3, 0.4) is 0 Å². The first-order chi connectivity index (χ1) is 15.4. The molecule has 2 aromatic rings. The fourth-order valence-corrected chi connectivity index (χ4v) is 3.37. The number of benzene rings is 1. The van der Waals surface area contributed by atoms with Crippen molar-refractivity contribution in [3.8, 4) is 11.3 Å². The van der Waals surface area contributed by atoms with Crippen molar-refractivity contribution in [2.45, 2.75) is 19.4 Å². The van der Waals surface area contributed by atoms with Crippen LogP contribution in [0.25, 0.3) is 11.3 Å². The molecule has 3 N–H and O–H groups in total. The third-order valence-electron chi connectivity index (χ3n) is 4.98. The fraction of sp³-hybridized carbons (Fsp3) is 0.333. The second kappa shape index (κ2) is 9.86. The van der Waals surface area contributed by atoms with Gasteiger partial charge in [-0.1, -0.05) is 6.07 Å². The molecule has 0 bridgehead atoms. The quantitative estimate of drug-likeness (QED) is 0.565. The van der Waals surface area contributed by atoms with Gasteiger partial charge in [0.05, 0.1) is 37.6 Å². The smallest absolute Gasteiger partial charge is 0.411 e. The molecule has 2 heterocycles. The standard InChI is InChI=1S/C21H25N7O4/c1-13-11-27(12-24-19(29)6-7-23-2)20(30)18-9-17(26-28(13)18)15-5-4-14(10-22)8-16(15)25-21(31)32-3/h4-5,7-10,13,22H,6,11-12H2,1-3H3,(H,24,29)(H,25,31)/t13-/m0/s1. The minimum atomic E-state index is -0.656. The summed E-state index contributed by atoms with van der Waals surface area (Å²) in [5, 5.41) is 17.4. The van der Waals surface area contributed by atoms with Crippen LogP contribution in [0.4, 0.5) is 10.5 Å². The first-order valence-corrected chi connectivity index (χ1v) is 9.94. The van der Waals surface area contributed by atoms with Gasteiger partial charge in [0, 0.05) is 31.6 Å². The van der Waals surface area contributed by atoms with Crippen molar-refractivity contribution in [3.05, 3.63) is 35.5 Å². The monoisotopic (exact) mass is 439 g/mol. The lowest BCUT2D eigenvalue weighted by Crippen LogP contribution is -2.47. The molecule has 11 nitrogen and oxygen atoms in total. The molecule has 0 unspecified atom stereocenters. The number of anilines is 1. The lowest BCUT2D eigenvalue weighted by Gasteiger charge is -2.31. The predicted molar refractivity (Wildman–Crippen MR) is 119 cm³/mol. The molecule has 1 aliphatic rings. The van der Waals surface area contributed by atoms with Crippen molar-refractivity contribution in [2.75, 3.05) is 32.7 Å². The van der Waals surface area contributed by atoms with Crippen molar-refractivity contribution in [1.29, 1.82) is 5.41 Å². The molecule has 0 spiro atoms. The Morgan fingerprint density at radius 1 is 1.38 bits per heavy atom. The maximum atomic E-state index is 13.0. The number of hydrogen-bond donors (Lipinski definition) is 3. The van der Waals surface area contributed by atoms with Crippen LogP contribution >= 0.6 is 0 Å². The van der Waals surface area contributed by atoms with Gasteiger partial charge in [-0.15, -0.1) is 0 Å². The van der Waals surface area contributed by atoms with E-state index in [1.165, 1.54) is 13.3 Å². The van der Waals surface area contributed by atoms with Gasteiger partial charge < -0.3 is 25.4 Å². The minimum Gasteiger partial charge on any atom is -0.453 e. The molecule has 1 aliphatic heterocycles. The summed E-state index contributed by atoms with van der Waals surface area (Å²) in [6, 6.07) is 6.60.